The number of hydrogen-bond donors (Lipinski definition) is 4. The number of nitrogens with one attached hydrogen (secondary N) is 2. The normalized spacial score (nSPS) is 21.7. The molecule has 2 aromatic carbocycles. The van der Waals surface area contributed by atoms with E-state index in [-0.39, 0.29) is 23.5 Å². The Balaban J connectivity index is 0.928. The van der Waals surface area contributed by atoms with Crippen molar-refractivity contribution in [3.8, 4) is 34.4 Å². The maximum Gasteiger partial charge on any atom is 0.407 e. The number of halogens is 4. The Morgan fingerprint density at radius 2 is 1.00 bits per heavy atom. The van der Waals surface area contributed by atoms with Gasteiger partial charge in [-0.1, -0.05) is 36.1 Å². The second-order valence-corrected chi connectivity index (χ2v) is 17.4. The Bertz CT molecular complexity index is 2310. The second kappa shape index (κ2) is 18.8. The Morgan fingerprint density at radius 3 is 1.33 bits per heavy atom. The van der Waals surface area contributed by atoms with Crippen molar-refractivity contribution >= 4 is 24.0 Å². The van der Waals surface area contributed by atoms with E-state index in [1.807, 2.05) is 0 Å². The molecule has 4 aliphatic rings. The molecule has 0 spiro atoms. The van der Waals surface area contributed by atoms with E-state index in [2.05, 4.69) is 31.8 Å². The number of benzene rings is 2. The fourth-order valence-electron chi connectivity index (χ4n) is 9.51. The fourth-order valence-corrected chi connectivity index (χ4v) is 9.51. The Kier molecular flexibility index (Phi) is 13.1. The number of likely N-dealkylation sites (N-methyl/N-ethyl adjacent to an activating group) is 2. The van der Waals surface area contributed by atoms with Crippen LogP contribution < -0.4 is 0 Å². The first kappa shape index (κ1) is 46.1. The monoisotopic (exact) mass is 918 g/mol. The van der Waals surface area contributed by atoms with Gasteiger partial charge >= 0.3 is 12.2 Å². The summed E-state index contributed by atoms with van der Waals surface area (Å²) in [4.78, 5) is 70.7. The number of amides is 4. The minimum atomic E-state index is -3.21. The third-order valence-electron chi connectivity index (χ3n) is 13.0. The molecule has 4 aromatic rings. The van der Waals surface area contributed by atoms with E-state index in [1.54, 1.807) is 48.5 Å². The van der Waals surface area contributed by atoms with Gasteiger partial charge in [-0.05, 0) is 72.9 Å². The highest BCUT2D eigenvalue weighted by Gasteiger charge is 2.53. The van der Waals surface area contributed by atoms with Gasteiger partial charge in [0.05, 0.1) is 49.0 Å². The molecule has 350 valence electrons. The van der Waals surface area contributed by atoms with Crippen LogP contribution in [0.5, 0.6) is 0 Å². The number of H-pyrrole nitrogens is 2. The second-order valence-electron chi connectivity index (χ2n) is 17.4. The number of carboxylic acid groups (broad SMARTS) is 2. The number of aromatic nitrogens is 4. The van der Waals surface area contributed by atoms with Crippen LogP contribution in [0.1, 0.15) is 73.4 Å². The first-order valence-electron chi connectivity index (χ1n) is 21.7. The molecule has 0 aliphatic carbocycles. The van der Waals surface area contributed by atoms with E-state index in [9.17, 15) is 47.0 Å². The van der Waals surface area contributed by atoms with Crippen LogP contribution in [-0.2, 0) is 19.1 Å². The van der Waals surface area contributed by atoms with E-state index in [1.165, 1.54) is 26.5 Å². The molecule has 0 saturated carbocycles. The number of carbonyl (C=O) groups excluding carboxylic acids is 2. The van der Waals surface area contributed by atoms with E-state index in [0.717, 1.165) is 19.6 Å². The fraction of sp³-hybridized carbons (Fsp3) is 0.478. The van der Waals surface area contributed by atoms with Crippen molar-refractivity contribution < 1.29 is 56.4 Å². The molecule has 4 N–H and O–H groups in total. The summed E-state index contributed by atoms with van der Waals surface area (Å²) in [6, 6.07) is 9.80. The van der Waals surface area contributed by atoms with Gasteiger partial charge in [-0.3, -0.25) is 19.4 Å². The molecule has 0 bridgehead atoms. The van der Waals surface area contributed by atoms with Crippen LogP contribution in [0.25, 0.3) is 22.5 Å². The number of alkyl halides is 4. The lowest BCUT2D eigenvalue weighted by molar-refractivity contribution is -0.142. The van der Waals surface area contributed by atoms with E-state index in [4.69, 9.17) is 9.47 Å². The summed E-state index contributed by atoms with van der Waals surface area (Å²) in [5.74, 6) is -2.03. The maximum atomic E-state index is 15.0. The zero-order valence-electron chi connectivity index (χ0n) is 36.3. The van der Waals surface area contributed by atoms with Crippen LogP contribution in [-0.4, -0.2) is 151 Å². The molecular formula is C46H50F4N8O8. The largest absolute Gasteiger partial charge is 0.465 e. The Morgan fingerprint density at radius 1 is 0.652 bits per heavy atom. The van der Waals surface area contributed by atoms with Gasteiger partial charge in [-0.25, -0.2) is 37.1 Å². The van der Waals surface area contributed by atoms with Crippen molar-refractivity contribution in [2.45, 2.75) is 74.5 Å². The van der Waals surface area contributed by atoms with Crippen molar-refractivity contribution in [2.75, 3.05) is 53.6 Å². The van der Waals surface area contributed by atoms with Gasteiger partial charge in [0.2, 0.25) is 11.8 Å². The molecule has 4 amide bonds. The van der Waals surface area contributed by atoms with Crippen molar-refractivity contribution in [1.29, 1.82) is 0 Å². The van der Waals surface area contributed by atoms with Gasteiger partial charge in [-0.2, -0.15) is 0 Å². The van der Waals surface area contributed by atoms with Gasteiger partial charge in [0, 0.05) is 64.5 Å². The number of nitrogens with zero attached hydrogens (tertiary/aromatic N) is 6. The van der Waals surface area contributed by atoms with E-state index >= 15 is 0 Å². The average molecular weight is 919 g/mol. The SMILES string of the molecule is CN(C(=O)O)[C@@H](C(=O)N1CC(F)(F)C[C@H]1c1ncc(-c2ccc(C#Cc3ccc(-c4cnc([C@@H]5CC(F)(F)CN5C(=O)[C@@H](C5CCOCC5)N(C)C(=O)O)[nH]4)cc3)cc2)[nH]1)C1CCOCC1. The molecular weight excluding hydrogens is 869 g/mol. The summed E-state index contributed by atoms with van der Waals surface area (Å²) in [7, 11) is 2.56. The summed E-state index contributed by atoms with van der Waals surface area (Å²) in [5.41, 5.74) is 3.79. The van der Waals surface area contributed by atoms with Gasteiger partial charge in [-0.15, -0.1) is 0 Å². The Labute approximate surface area is 377 Å². The summed E-state index contributed by atoms with van der Waals surface area (Å²) in [5, 5.41) is 19.5. The highest BCUT2D eigenvalue weighted by atomic mass is 19.3. The predicted molar refractivity (Wildman–Crippen MR) is 228 cm³/mol. The van der Waals surface area contributed by atoms with Crippen molar-refractivity contribution in [3.05, 3.63) is 83.7 Å². The Hall–Kier alpha value is -6.46. The molecule has 6 heterocycles. The maximum absolute atomic E-state index is 15.0. The lowest BCUT2D eigenvalue weighted by atomic mass is 9.89. The number of rotatable bonds is 10. The molecule has 4 aliphatic heterocycles. The highest BCUT2D eigenvalue weighted by molar-refractivity contribution is 5.87. The molecule has 66 heavy (non-hydrogen) atoms. The number of hydrogen-bond acceptors (Lipinski definition) is 8. The van der Waals surface area contributed by atoms with Crippen molar-refractivity contribution in [2.24, 2.45) is 11.8 Å². The lowest BCUT2D eigenvalue weighted by Crippen LogP contribution is -2.54. The molecule has 16 nitrogen and oxygen atoms in total. The van der Waals surface area contributed by atoms with Gasteiger partial charge in [0.15, 0.2) is 0 Å². The molecule has 20 heteroatoms. The number of likely N-dealkylation sites (tertiary alicyclic amines) is 2. The summed E-state index contributed by atoms with van der Waals surface area (Å²) in [6.07, 6.45) is 0.696. The van der Waals surface area contributed by atoms with Gasteiger partial charge in [0.25, 0.3) is 11.8 Å². The molecule has 4 saturated heterocycles. The smallest absolute Gasteiger partial charge is 0.407 e. The van der Waals surface area contributed by atoms with Crippen LogP contribution in [0, 0.1) is 23.7 Å². The third-order valence-corrected chi connectivity index (χ3v) is 13.0. The standard InChI is InChI=1S/C46H50F4N8O8/c1-55(43(61)62)37(31-13-17-65-18-14-31)41(59)57-25-45(47,48)21-35(57)39-51-23-33(53-39)29-9-5-27(6-10-29)3-4-28-7-11-30(12-8-28)34-24-52-40(54-34)36-22-46(49,50)26-58(36)42(60)38(56(2)44(63)64)32-15-19-66-20-16-32/h5-12,23-24,31-32,35-38H,13-22,25-26H2,1-2H3,(H,51,53)(H,52,54)(H,61,62)(H,63,64)/t35-,36-,37+,38+/m0/s1. The molecule has 8 rings (SSSR count). The number of aromatic amines is 2. The molecule has 0 unspecified atom stereocenters. The van der Waals surface area contributed by atoms with Gasteiger partial charge < -0.3 is 39.5 Å². The number of ether oxygens (including phenoxy) is 2. The molecule has 4 fully saturated rings. The highest BCUT2D eigenvalue weighted by Crippen LogP contribution is 2.44. The van der Waals surface area contributed by atoms with E-state index < -0.39 is 85.9 Å². The number of carbonyl (C=O) groups is 4. The van der Waals surface area contributed by atoms with Crippen LogP contribution in [0.3, 0.4) is 0 Å². The summed E-state index contributed by atoms with van der Waals surface area (Å²) in [6.45, 7) is -0.349. The third kappa shape index (κ3) is 9.87. The topological polar surface area (TPSA) is 198 Å². The summed E-state index contributed by atoms with van der Waals surface area (Å²) < 4.78 is 70.7. The minimum Gasteiger partial charge on any atom is -0.465 e. The lowest BCUT2D eigenvalue weighted by Gasteiger charge is -2.37. The number of imidazole rings is 2. The summed E-state index contributed by atoms with van der Waals surface area (Å²) >= 11 is 0. The molecule has 4 atom stereocenters. The zero-order valence-corrected chi connectivity index (χ0v) is 36.3. The first-order valence-corrected chi connectivity index (χ1v) is 21.7. The van der Waals surface area contributed by atoms with Crippen LogP contribution in [0.2, 0.25) is 0 Å². The van der Waals surface area contributed by atoms with Crippen LogP contribution >= 0.6 is 0 Å². The minimum absolute atomic E-state index is 0.162. The van der Waals surface area contributed by atoms with E-state index in [0.29, 0.717) is 85.8 Å². The van der Waals surface area contributed by atoms with Gasteiger partial charge in [0.1, 0.15) is 23.7 Å². The first-order chi connectivity index (χ1) is 31.5. The molecule has 2 aromatic heterocycles. The quantitative estimate of drug-likeness (QED) is 0.101. The zero-order chi connectivity index (χ0) is 46.9. The van der Waals surface area contributed by atoms with Crippen molar-refractivity contribution in [1.82, 2.24) is 39.5 Å². The van der Waals surface area contributed by atoms with Crippen LogP contribution in [0.4, 0.5) is 27.2 Å². The average Bonchev–Trinajstić information content (AvgIpc) is 4.12. The van der Waals surface area contributed by atoms with Crippen molar-refractivity contribution in [3.63, 3.8) is 0 Å². The predicted octanol–water partition coefficient (Wildman–Crippen LogP) is 6.49. The molecule has 0 radical (unpaired) electrons. The van der Waals surface area contributed by atoms with Crippen LogP contribution in [0.15, 0.2) is 60.9 Å².